The number of carbonyl (C=O) groups excluding carboxylic acids is 2. The van der Waals surface area contributed by atoms with E-state index in [4.69, 9.17) is 14.5 Å². The lowest BCUT2D eigenvalue weighted by molar-refractivity contribution is -0.153. The number of methoxy groups -OCH3 is 1. The van der Waals surface area contributed by atoms with Gasteiger partial charge in [-0.1, -0.05) is 54.6 Å². The van der Waals surface area contributed by atoms with Gasteiger partial charge in [-0.15, -0.1) is 0 Å². The summed E-state index contributed by atoms with van der Waals surface area (Å²) in [5.41, 5.74) is 3.54. The van der Waals surface area contributed by atoms with Crippen molar-refractivity contribution in [3.8, 4) is 5.75 Å². The van der Waals surface area contributed by atoms with Crippen LogP contribution in [0.15, 0.2) is 78.9 Å². The van der Waals surface area contributed by atoms with Crippen LogP contribution in [0.5, 0.6) is 5.75 Å². The Kier molecular flexibility index (Phi) is 6.23. The fourth-order valence-corrected chi connectivity index (χ4v) is 4.75. The molecule has 1 aromatic heterocycles. The first-order valence-corrected chi connectivity index (χ1v) is 11.7. The van der Waals surface area contributed by atoms with Gasteiger partial charge in [-0.05, 0) is 48.7 Å². The van der Waals surface area contributed by atoms with Crippen LogP contribution in [0.1, 0.15) is 24.1 Å². The molecular weight excluding hydrogens is 442 g/mol. The molecule has 2 atom stereocenters. The Morgan fingerprint density at radius 2 is 1.69 bits per heavy atom. The molecule has 0 spiro atoms. The van der Waals surface area contributed by atoms with Crippen molar-refractivity contribution in [2.75, 3.05) is 25.2 Å². The van der Waals surface area contributed by atoms with Crippen molar-refractivity contribution in [2.45, 2.75) is 19.4 Å². The molecule has 0 radical (unpaired) electrons. The van der Waals surface area contributed by atoms with Crippen molar-refractivity contribution >= 4 is 28.9 Å². The van der Waals surface area contributed by atoms with Crippen LogP contribution in [0.25, 0.3) is 11.0 Å². The smallest absolute Gasteiger partial charge is 0.321 e. The highest BCUT2D eigenvalue weighted by Crippen LogP contribution is 2.41. The topological polar surface area (TPSA) is 73.7 Å². The second-order valence-corrected chi connectivity index (χ2v) is 8.44. The third kappa shape index (κ3) is 4.14. The zero-order valence-corrected chi connectivity index (χ0v) is 19.8. The van der Waals surface area contributed by atoms with Crippen LogP contribution in [-0.2, 0) is 20.7 Å². The fourth-order valence-electron chi connectivity index (χ4n) is 4.75. The van der Waals surface area contributed by atoms with Gasteiger partial charge in [0.05, 0.1) is 30.8 Å². The van der Waals surface area contributed by atoms with Gasteiger partial charge in [-0.25, -0.2) is 4.98 Å². The summed E-state index contributed by atoms with van der Waals surface area (Å²) in [4.78, 5) is 33.7. The van der Waals surface area contributed by atoms with Crippen molar-refractivity contribution < 1.29 is 19.1 Å². The molecule has 0 N–H and O–H groups in total. The van der Waals surface area contributed by atoms with Crippen molar-refractivity contribution in [3.05, 3.63) is 90.0 Å². The van der Waals surface area contributed by atoms with Crippen molar-refractivity contribution in [1.82, 2.24) is 9.55 Å². The monoisotopic (exact) mass is 469 g/mol. The minimum absolute atomic E-state index is 0.194. The number of hydrogen-bond acceptors (Lipinski definition) is 5. The lowest BCUT2D eigenvalue weighted by Crippen LogP contribution is -2.50. The summed E-state index contributed by atoms with van der Waals surface area (Å²) < 4.78 is 12.7. The Bertz CT molecular complexity index is 1350. The fraction of sp³-hybridized carbons (Fsp3) is 0.250. The minimum Gasteiger partial charge on any atom is -0.497 e. The van der Waals surface area contributed by atoms with Crippen LogP contribution >= 0.6 is 0 Å². The van der Waals surface area contributed by atoms with Gasteiger partial charge in [0.1, 0.15) is 5.75 Å². The number of imidazole rings is 1. The third-order valence-corrected chi connectivity index (χ3v) is 6.41. The lowest BCUT2D eigenvalue weighted by atomic mass is 9.89. The number of nitrogens with zero attached hydrogens (tertiary/aromatic N) is 3. The van der Waals surface area contributed by atoms with Gasteiger partial charge in [0.15, 0.2) is 5.92 Å². The Labute approximate surface area is 203 Å². The molecule has 2 unspecified atom stereocenters. The third-order valence-electron chi connectivity index (χ3n) is 6.41. The molecule has 0 saturated heterocycles. The number of ether oxygens (including phenoxy) is 2. The molecule has 4 aromatic rings. The molecule has 1 amide bonds. The number of esters is 1. The average Bonchev–Trinajstić information content (AvgIpc) is 3.27. The second kappa shape index (κ2) is 9.62. The number of fused-ring (bicyclic) bond motifs is 3. The molecule has 7 nitrogen and oxygen atoms in total. The lowest BCUT2D eigenvalue weighted by Gasteiger charge is -2.38. The van der Waals surface area contributed by atoms with Crippen LogP contribution in [-0.4, -0.2) is 41.7 Å². The van der Waals surface area contributed by atoms with Crippen molar-refractivity contribution in [3.63, 3.8) is 0 Å². The van der Waals surface area contributed by atoms with E-state index in [0.717, 1.165) is 22.2 Å². The molecule has 0 saturated carbocycles. The van der Waals surface area contributed by atoms with E-state index < -0.39 is 17.9 Å². The van der Waals surface area contributed by atoms with Crippen LogP contribution in [0.4, 0.5) is 5.95 Å². The molecule has 1 aliphatic heterocycles. The molecule has 35 heavy (non-hydrogen) atoms. The molecular formula is C28H27N3O4. The number of amides is 1. The number of benzene rings is 3. The molecule has 3 aromatic carbocycles. The van der Waals surface area contributed by atoms with E-state index in [0.29, 0.717) is 24.7 Å². The van der Waals surface area contributed by atoms with Crippen LogP contribution in [0.3, 0.4) is 0 Å². The number of rotatable bonds is 7. The molecule has 1 aliphatic rings. The van der Waals surface area contributed by atoms with E-state index in [2.05, 4.69) is 0 Å². The molecule has 5 rings (SSSR count). The summed E-state index contributed by atoms with van der Waals surface area (Å²) in [5, 5.41) is 0. The van der Waals surface area contributed by atoms with Crippen molar-refractivity contribution in [1.29, 1.82) is 0 Å². The number of hydrogen-bond donors (Lipinski definition) is 0. The largest absolute Gasteiger partial charge is 0.497 e. The predicted molar refractivity (Wildman–Crippen MR) is 133 cm³/mol. The first kappa shape index (κ1) is 22.7. The number of carbonyl (C=O) groups is 2. The normalized spacial score (nSPS) is 17.3. The molecule has 0 bridgehead atoms. The summed E-state index contributed by atoms with van der Waals surface area (Å²) in [6, 6.07) is 24.6. The second-order valence-electron chi connectivity index (χ2n) is 8.44. The van der Waals surface area contributed by atoms with E-state index in [1.54, 1.807) is 18.9 Å². The maximum atomic E-state index is 14.0. The van der Waals surface area contributed by atoms with Gasteiger partial charge in [-0.2, -0.15) is 0 Å². The van der Waals surface area contributed by atoms with E-state index in [-0.39, 0.29) is 12.5 Å². The number of para-hydroxylation sites is 2. The highest BCUT2D eigenvalue weighted by Gasteiger charge is 2.47. The maximum Gasteiger partial charge on any atom is 0.321 e. The predicted octanol–water partition coefficient (Wildman–Crippen LogP) is 4.40. The van der Waals surface area contributed by atoms with Gasteiger partial charge in [0, 0.05) is 6.54 Å². The quantitative estimate of drug-likeness (QED) is 0.296. The van der Waals surface area contributed by atoms with Crippen LogP contribution < -0.4 is 9.64 Å². The molecule has 0 aliphatic carbocycles. The Morgan fingerprint density at radius 1 is 0.971 bits per heavy atom. The molecule has 0 fully saturated rings. The van der Waals surface area contributed by atoms with Gasteiger partial charge in [-0.3, -0.25) is 14.5 Å². The van der Waals surface area contributed by atoms with Crippen LogP contribution in [0.2, 0.25) is 0 Å². The molecule has 7 heteroatoms. The first-order chi connectivity index (χ1) is 17.1. The van der Waals surface area contributed by atoms with E-state index in [1.807, 2.05) is 83.4 Å². The van der Waals surface area contributed by atoms with Gasteiger partial charge in [0.25, 0.3) is 0 Å². The summed E-state index contributed by atoms with van der Waals surface area (Å²) in [7, 11) is 1.60. The summed E-state index contributed by atoms with van der Waals surface area (Å²) in [6.45, 7) is 2.34. The van der Waals surface area contributed by atoms with Gasteiger partial charge < -0.3 is 14.0 Å². The number of anilines is 1. The standard InChI is InChI=1S/C28H27N3O4/c1-3-35-27(33)24-25(20-13-15-21(34-2)16-14-20)31-23-12-8-7-11-22(23)29-28(31)30(26(24)32)18-17-19-9-5-4-6-10-19/h4-16,24-25H,3,17-18H2,1-2H3. The molecule has 2 heterocycles. The minimum atomic E-state index is -1.04. The summed E-state index contributed by atoms with van der Waals surface area (Å²) in [6.07, 6.45) is 0.637. The van der Waals surface area contributed by atoms with Gasteiger partial charge >= 0.3 is 5.97 Å². The van der Waals surface area contributed by atoms with Gasteiger partial charge in [0.2, 0.25) is 11.9 Å². The highest BCUT2D eigenvalue weighted by atomic mass is 16.5. The van der Waals surface area contributed by atoms with Crippen molar-refractivity contribution in [2.24, 2.45) is 5.92 Å². The van der Waals surface area contributed by atoms with E-state index in [1.165, 1.54) is 0 Å². The van der Waals surface area contributed by atoms with E-state index in [9.17, 15) is 9.59 Å². The highest BCUT2D eigenvalue weighted by molar-refractivity contribution is 6.08. The zero-order valence-electron chi connectivity index (χ0n) is 19.8. The molecule has 178 valence electrons. The number of aromatic nitrogens is 2. The summed E-state index contributed by atoms with van der Waals surface area (Å²) in [5.74, 6) is -0.643. The summed E-state index contributed by atoms with van der Waals surface area (Å²) >= 11 is 0. The maximum absolute atomic E-state index is 14.0. The average molecular weight is 470 g/mol. The Balaban J connectivity index is 1.67. The van der Waals surface area contributed by atoms with E-state index >= 15 is 0 Å². The first-order valence-electron chi connectivity index (χ1n) is 11.7. The Morgan fingerprint density at radius 3 is 2.40 bits per heavy atom. The SMILES string of the molecule is CCOC(=O)C1C(=O)N(CCc2ccccc2)c2nc3ccccc3n2C1c1ccc(OC)cc1. The van der Waals surface area contributed by atoms with Crippen LogP contribution in [0, 0.1) is 5.92 Å². The zero-order chi connectivity index (χ0) is 24.4. The Hall–Kier alpha value is -4.13.